The van der Waals surface area contributed by atoms with Crippen LogP contribution in [0.2, 0.25) is 10.0 Å². The Labute approximate surface area is 239 Å². The van der Waals surface area contributed by atoms with Crippen molar-refractivity contribution in [2.75, 3.05) is 18.6 Å². The van der Waals surface area contributed by atoms with Gasteiger partial charge in [0.05, 0.1) is 34.6 Å². The molecule has 0 unspecified atom stereocenters. The van der Waals surface area contributed by atoms with Crippen molar-refractivity contribution in [2.24, 2.45) is 5.10 Å². The fourth-order valence-electron chi connectivity index (χ4n) is 3.82. The van der Waals surface area contributed by atoms with E-state index in [1.165, 1.54) is 12.1 Å². The maximum Gasteiger partial charge on any atom is 0.414 e. The van der Waals surface area contributed by atoms with Gasteiger partial charge in [-0.2, -0.15) is 10.4 Å². The molecule has 0 fully saturated rings. The van der Waals surface area contributed by atoms with Crippen LogP contribution in [0.1, 0.15) is 28.5 Å². The maximum atomic E-state index is 13.0. The molecule has 0 bridgehead atoms. The number of carbonyl (C=O) groups excluding carboxylic acids is 3. The molecular weight excluding hydrogens is 559 g/mol. The Bertz CT molecular complexity index is 1500. The highest BCUT2D eigenvalue weighted by molar-refractivity contribution is 6.47. The molecule has 1 aromatic heterocycles. The number of carbonyl (C=O) groups is 3. The van der Waals surface area contributed by atoms with Crippen molar-refractivity contribution in [3.63, 3.8) is 0 Å². The first kappa shape index (κ1) is 28.4. The van der Waals surface area contributed by atoms with Crippen LogP contribution in [0.3, 0.4) is 0 Å². The molecule has 13 heteroatoms. The van der Waals surface area contributed by atoms with E-state index in [1.807, 2.05) is 23.5 Å². The lowest BCUT2D eigenvalue weighted by Gasteiger charge is -2.28. The number of aromatic nitrogens is 1. The van der Waals surface area contributed by atoms with Crippen LogP contribution in [0.4, 0.5) is 10.5 Å². The minimum Gasteiger partial charge on any atom is -0.454 e. The molecule has 0 atom stereocenters. The topological polar surface area (TPSA) is 146 Å². The Hall–Kier alpha value is -4.66. The van der Waals surface area contributed by atoms with E-state index in [4.69, 9.17) is 27.9 Å². The van der Waals surface area contributed by atoms with Gasteiger partial charge >= 0.3 is 6.09 Å². The normalized spacial score (nSPS) is 12.7. The zero-order valence-corrected chi connectivity index (χ0v) is 22.6. The fraction of sp³-hybridized carbons (Fsp3) is 0.185. The molecule has 3 aromatic rings. The molecular formula is C27H22Cl2N6O5. The average molecular weight is 581 g/mol. The van der Waals surface area contributed by atoms with Crippen molar-refractivity contribution in [3.8, 4) is 17.6 Å². The smallest absolute Gasteiger partial charge is 0.414 e. The summed E-state index contributed by atoms with van der Waals surface area (Å²) in [5.41, 5.74) is 4.37. The third-order valence-electron chi connectivity index (χ3n) is 5.65. The number of nitrogens with zero attached hydrogens (tertiary/aromatic N) is 4. The molecule has 2 heterocycles. The summed E-state index contributed by atoms with van der Waals surface area (Å²) in [5.74, 6) is -0.526. The van der Waals surface area contributed by atoms with E-state index in [2.05, 4.69) is 20.2 Å². The average Bonchev–Trinajstić information content (AvgIpc) is 2.93. The lowest BCUT2D eigenvalue weighted by molar-refractivity contribution is -0.114. The van der Waals surface area contributed by atoms with Crippen LogP contribution in [0.15, 0.2) is 59.8 Å². The summed E-state index contributed by atoms with van der Waals surface area (Å²) >= 11 is 12.8. The SMILES string of the molecule is CCOC(=O)NC(=O)C(C#N)=NNc1cc(Cl)c(Oc2ccc3c(c2)CCN(Cc2ccccn2)C3=O)c(Cl)c1. The summed E-state index contributed by atoms with van der Waals surface area (Å²) in [5, 5.41) is 15.0. The van der Waals surface area contributed by atoms with Gasteiger partial charge in [0.25, 0.3) is 11.8 Å². The Balaban J connectivity index is 1.44. The number of imide groups is 1. The van der Waals surface area contributed by atoms with E-state index >= 15 is 0 Å². The van der Waals surface area contributed by atoms with Crippen LogP contribution in [0, 0.1) is 11.3 Å². The van der Waals surface area contributed by atoms with E-state index < -0.39 is 17.7 Å². The highest BCUT2D eigenvalue weighted by Gasteiger charge is 2.25. The van der Waals surface area contributed by atoms with Gasteiger partial charge in [-0.15, -0.1) is 0 Å². The predicted molar refractivity (Wildman–Crippen MR) is 147 cm³/mol. The molecule has 204 valence electrons. The first-order valence-electron chi connectivity index (χ1n) is 12.0. The highest BCUT2D eigenvalue weighted by Crippen LogP contribution is 2.39. The van der Waals surface area contributed by atoms with Gasteiger partial charge in [0, 0.05) is 18.3 Å². The molecule has 3 amide bonds. The molecule has 40 heavy (non-hydrogen) atoms. The van der Waals surface area contributed by atoms with Gasteiger partial charge in [-0.25, -0.2) is 4.79 Å². The molecule has 0 saturated heterocycles. The third kappa shape index (κ3) is 6.85. The molecule has 11 nitrogen and oxygen atoms in total. The first-order valence-corrected chi connectivity index (χ1v) is 12.8. The number of alkyl carbamates (subject to hydrolysis) is 1. The number of benzene rings is 2. The Kier molecular flexibility index (Phi) is 9.16. The molecule has 2 aromatic carbocycles. The second-order valence-electron chi connectivity index (χ2n) is 8.35. The predicted octanol–water partition coefficient (Wildman–Crippen LogP) is 4.94. The monoisotopic (exact) mass is 580 g/mol. The second kappa shape index (κ2) is 12.9. The number of hydrazone groups is 1. The molecule has 0 spiro atoms. The number of halogens is 2. The molecule has 4 rings (SSSR count). The summed E-state index contributed by atoms with van der Waals surface area (Å²) in [6, 6.07) is 15.2. The zero-order chi connectivity index (χ0) is 28.6. The summed E-state index contributed by atoms with van der Waals surface area (Å²) in [7, 11) is 0. The van der Waals surface area contributed by atoms with E-state index in [9.17, 15) is 19.6 Å². The molecule has 0 saturated carbocycles. The minimum atomic E-state index is -1.05. The van der Waals surface area contributed by atoms with Crippen molar-refractivity contribution in [1.82, 2.24) is 15.2 Å². The Morgan fingerprint density at radius 1 is 1.18 bits per heavy atom. The number of amides is 3. The lowest BCUT2D eigenvalue weighted by Crippen LogP contribution is -2.37. The standard InChI is InChI=1S/C27H22Cl2N6O5/c1-2-39-27(38)32-25(36)23(14-30)34-33-18-12-21(28)24(22(29)13-18)40-19-6-7-20-16(11-19)8-10-35(26(20)37)15-17-5-3-4-9-31-17/h3-7,9,11-13,33H,2,8,10,15H2,1H3,(H,32,36,38). The maximum absolute atomic E-state index is 13.0. The number of anilines is 1. The molecule has 2 N–H and O–H groups in total. The first-order chi connectivity index (χ1) is 19.3. The van der Waals surface area contributed by atoms with Gasteiger partial charge < -0.3 is 14.4 Å². The van der Waals surface area contributed by atoms with Crippen molar-refractivity contribution < 1.29 is 23.9 Å². The van der Waals surface area contributed by atoms with Crippen LogP contribution < -0.4 is 15.5 Å². The number of pyridine rings is 1. The van der Waals surface area contributed by atoms with Gasteiger partial charge in [-0.1, -0.05) is 29.3 Å². The summed E-state index contributed by atoms with van der Waals surface area (Å²) in [6.07, 6.45) is 1.33. The van der Waals surface area contributed by atoms with E-state index in [1.54, 1.807) is 42.3 Å². The van der Waals surface area contributed by atoms with Crippen LogP contribution in [0.5, 0.6) is 11.5 Å². The van der Waals surface area contributed by atoms with Crippen molar-refractivity contribution >= 4 is 52.5 Å². The Morgan fingerprint density at radius 3 is 2.62 bits per heavy atom. The van der Waals surface area contributed by atoms with Gasteiger partial charge in [-0.3, -0.25) is 25.3 Å². The number of fused-ring (bicyclic) bond motifs is 1. The number of hydrogen-bond donors (Lipinski definition) is 2. The van der Waals surface area contributed by atoms with Crippen LogP contribution >= 0.6 is 23.2 Å². The molecule has 0 radical (unpaired) electrons. The van der Waals surface area contributed by atoms with Crippen LogP contribution in [-0.2, 0) is 22.5 Å². The van der Waals surface area contributed by atoms with E-state index in [-0.39, 0.29) is 34.0 Å². The molecule has 1 aliphatic heterocycles. The van der Waals surface area contributed by atoms with Gasteiger partial charge in [0.15, 0.2) is 5.75 Å². The Morgan fingerprint density at radius 2 is 1.95 bits per heavy atom. The summed E-state index contributed by atoms with van der Waals surface area (Å²) < 4.78 is 10.5. The van der Waals surface area contributed by atoms with E-state index in [0.29, 0.717) is 30.8 Å². The van der Waals surface area contributed by atoms with Crippen molar-refractivity contribution in [2.45, 2.75) is 19.9 Å². The number of ether oxygens (including phenoxy) is 2. The largest absolute Gasteiger partial charge is 0.454 e. The number of nitrogens with one attached hydrogen (secondary N) is 2. The number of nitriles is 1. The second-order valence-corrected chi connectivity index (χ2v) is 9.16. The molecule has 1 aliphatic rings. The summed E-state index contributed by atoms with van der Waals surface area (Å²) in [4.78, 5) is 42.5. The fourth-order valence-corrected chi connectivity index (χ4v) is 4.38. The number of hydrogen-bond acceptors (Lipinski definition) is 9. The van der Waals surface area contributed by atoms with Gasteiger partial charge in [0.2, 0.25) is 5.71 Å². The summed E-state index contributed by atoms with van der Waals surface area (Å²) in [6.45, 7) is 2.59. The van der Waals surface area contributed by atoms with Crippen LogP contribution in [-0.4, -0.2) is 46.7 Å². The number of rotatable bonds is 8. The van der Waals surface area contributed by atoms with Gasteiger partial charge in [-0.05, 0) is 61.4 Å². The van der Waals surface area contributed by atoms with Gasteiger partial charge in [0.1, 0.15) is 11.8 Å². The lowest BCUT2D eigenvalue weighted by atomic mass is 9.98. The van der Waals surface area contributed by atoms with Crippen molar-refractivity contribution in [3.05, 3.63) is 81.6 Å². The molecule has 0 aliphatic carbocycles. The van der Waals surface area contributed by atoms with Crippen LogP contribution in [0.25, 0.3) is 0 Å². The third-order valence-corrected chi connectivity index (χ3v) is 6.21. The quantitative estimate of drug-likeness (QED) is 0.281. The highest BCUT2D eigenvalue weighted by atomic mass is 35.5. The van der Waals surface area contributed by atoms with E-state index in [0.717, 1.165) is 11.3 Å². The zero-order valence-electron chi connectivity index (χ0n) is 21.1. The minimum absolute atomic E-state index is 0.0523. The van der Waals surface area contributed by atoms with Crippen molar-refractivity contribution in [1.29, 1.82) is 5.26 Å².